The number of rotatable bonds is 4. The fraction of sp³-hybridized carbons (Fsp3) is 0.444. The molecule has 126 valence electrons. The van der Waals surface area contributed by atoms with Crippen LogP contribution < -0.4 is 4.74 Å². The first-order valence-electron chi connectivity index (χ1n) is 8.25. The van der Waals surface area contributed by atoms with Crippen LogP contribution in [0.25, 0.3) is 0 Å². The molecule has 2 aromatic rings. The van der Waals surface area contributed by atoms with E-state index in [1.807, 2.05) is 12.3 Å². The molecule has 2 fully saturated rings. The summed E-state index contributed by atoms with van der Waals surface area (Å²) >= 11 is 0. The van der Waals surface area contributed by atoms with Gasteiger partial charge >= 0.3 is 0 Å². The third-order valence-electron chi connectivity index (χ3n) is 4.70. The van der Waals surface area contributed by atoms with Gasteiger partial charge in [0.2, 0.25) is 0 Å². The maximum Gasteiger partial charge on any atom is 0.250 e. The molecule has 6 heteroatoms. The molecule has 0 amide bonds. The lowest BCUT2D eigenvalue weighted by atomic mass is 9.98. The monoisotopic (exact) mass is 329 g/mol. The summed E-state index contributed by atoms with van der Waals surface area (Å²) in [6, 6.07) is 6.96. The van der Waals surface area contributed by atoms with E-state index in [9.17, 15) is 4.39 Å². The molecule has 0 bridgehead atoms. The summed E-state index contributed by atoms with van der Waals surface area (Å²) in [5.41, 5.74) is 1.02. The summed E-state index contributed by atoms with van der Waals surface area (Å²) in [6.45, 7) is 3.21. The molecule has 2 aliphatic rings. The minimum absolute atomic E-state index is 0.0633. The molecule has 2 atom stereocenters. The zero-order valence-electron chi connectivity index (χ0n) is 13.4. The molecule has 0 unspecified atom stereocenters. The van der Waals surface area contributed by atoms with Crippen molar-refractivity contribution in [1.82, 2.24) is 14.9 Å². The molecule has 5 nitrogen and oxygen atoms in total. The topological polar surface area (TPSA) is 47.5 Å². The van der Waals surface area contributed by atoms with Crippen LogP contribution in [0.4, 0.5) is 4.39 Å². The van der Waals surface area contributed by atoms with Crippen molar-refractivity contribution in [3.05, 3.63) is 54.2 Å². The van der Waals surface area contributed by atoms with Crippen molar-refractivity contribution in [3.63, 3.8) is 0 Å². The Morgan fingerprint density at radius 1 is 1.33 bits per heavy atom. The highest BCUT2D eigenvalue weighted by Crippen LogP contribution is 2.37. The fourth-order valence-electron chi connectivity index (χ4n) is 3.59. The molecule has 1 spiro atoms. The minimum Gasteiger partial charge on any atom is -0.470 e. The van der Waals surface area contributed by atoms with Gasteiger partial charge in [0.1, 0.15) is 6.10 Å². The van der Waals surface area contributed by atoms with Crippen LogP contribution in [0.1, 0.15) is 18.4 Å². The lowest BCUT2D eigenvalue weighted by Crippen LogP contribution is -2.33. The van der Waals surface area contributed by atoms with E-state index in [-0.39, 0.29) is 17.6 Å². The van der Waals surface area contributed by atoms with Gasteiger partial charge in [0.25, 0.3) is 5.88 Å². The average Bonchev–Trinajstić information content (AvgIpc) is 3.17. The highest BCUT2D eigenvalue weighted by Gasteiger charge is 2.46. The highest BCUT2D eigenvalue weighted by molar-refractivity contribution is 5.14. The number of ether oxygens (including phenoxy) is 2. The van der Waals surface area contributed by atoms with Crippen molar-refractivity contribution in [2.75, 3.05) is 19.7 Å². The standard InChI is InChI=1S/C18H20FN3O2/c19-16-4-2-7-21-17(16)24-15-9-18(23-12-15)5-8-22(13-18)11-14-3-1-6-20-10-14/h1-4,6-7,10,15H,5,8-9,11-13H2/t15-,18+/m0/s1. The molecular weight excluding hydrogens is 309 g/mol. The molecule has 4 rings (SSSR count). The first kappa shape index (κ1) is 15.5. The Labute approximate surface area is 140 Å². The van der Waals surface area contributed by atoms with Gasteiger partial charge in [-0.25, -0.2) is 9.37 Å². The first-order valence-corrected chi connectivity index (χ1v) is 8.25. The number of aromatic nitrogens is 2. The SMILES string of the molecule is Fc1cccnc1O[C@@H]1CO[C@]2(CCN(Cc3cccnc3)C2)C1. The smallest absolute Gasteiger partial charge is 0.250 e. The number of nitrogens with zero attached hydrogens (tertiary/aromatic N) is 3. The minimum atomic E-state index is -0.428. The predicted octanol–water partition coefficient (Wildman–Crippen LogP) is 2.43. The molecule has 2 aromatic heterocycles. The van der Waals surface area contributed by atoms with E-state index in [2.05, 4.69) is 20.9 Å². The van der Waals surface area contributed by atoms with Gasteiger partial charge < -0.3 is 9.47 Å². The number of pyridine rings is 2. The van der Waals surface area contributed by atoms with E-state index in [4.69, 9.17) is 9.47 Å². The van der Waals surface area contributed by atoms with Gasteiger partial charge in [-0.05, 0) is 30.2 Å². The second-order valence-electron chi connectivity index (χ2n) is 6.55. The van der Waals surface area contributed by atoms with Gasteiger partial charge in [-0.2, -0.15) is 0 Å². The Balaban J connectivity index is 1.35. The molecule has 0 N–H and O–H groups in total. The maximum absolute atomic E-state index is 13.7. The quantitative estimate of drug-likeness (QED) is 0.862. The summed E-state index contributed by atoms with van der Waals surface area (Å²) in [4.78, 5) is 10.5. The second kappa shape index (κ2) is 6.45. The van der Waals surface area contributed by atoms with E-state index < -0.39 is 5.82 Å². The van der Waals surface area contributed by atoms with Gasteiger partial charge in [-0.1, -0.05) is 6.07 Å². The van der Waals surface area contributed by atoms with Crippen LogP contribution >= 0.6 is 0 Å². The van der Waals surface area contributed by atoms with Crippen LogP contribution in [0.3, 0.4) is 0 Å². The van der Waals surface area contributed by atoms with Crippen LogP contribution in [-0.4, -0.2) is 46.3 Å². The Kier molecular flexibility index (Phi) is 4.16. The van der Waals surface area contributed by atoms with E-state index >= 15 is 0 Å². The Bertz CT molecular complexity index is 700. The van der Waals surface area contributed by atoms with Crippen molar-refractivity contribution in [1.29, 1.82) is 0 Å². The normalized spacial score (nSPS) is 27.0. The van der Waals surface area contributed by atoms with Crippen LogP contribution in [-0.2, 0) is 11.3 Å². The van der Waals surface area contributed by atoms with Crippen LogP contribution in [0.15, 0.2) is 42.9 Å². The molecule has 0 aromatic carbocycles. The van der Waals surface area contributed by atoms with Gasteiger partial charge in [-0.15, -0.1) is 0 Å². The molecule has 0 aliphatic carbocycles. The number of likely N-dealkylation sites (tertiary alicyclic amines) is 1. The van der Waals surface area contributed by atoms with Crippen molar-refractivity contribution < 1.29 is 13.9 Å². The predicted molar refractivity (Wildman–Crippen MR) is 86.0 cm³/mol. The second-order valence-corrected chi connectivity index (χ2v) is 6.55. The zero-order chi connectivity index (χ0) is 16.4. The van der Waals surface area contributed by atoms with Crippen LogP contribution in [0, 0.1) is 5.82 Å². The summed E-state index contributed by atoms with van der Waals surface area (Å²) in [5.74, 6) is -0.364. The van der Waals surface area contributed by atoms with Gasteiger partial charge in [0, 0.05) is 44.6 Å². The lowest BCUT2D eigenvalue weighted by Gasteiger charge is -2.23. The fourth-order valence-corrected chi connectivity index (χ4v) is 3.59. The van der Waals surface area contributed by atoms with Crippen molar-refractivity contribution >= 4 is 0 Å². The lowest BCUT2D eigenvalue weighted by molar-refractivity contribution is 0.00914. The third-order valence-corrected chi connectivity index (χ3v) is 4.70. The Morgan fingerprint density at radius 3 is 3.08 bits per heavy atom. The Morgan fingerprint density at radius 2 is 2.25 bits per heavy atom. The summed E-state index contributed by atoms with van der Waals surface area (Å²) in [5, 5.41) is 0. The van der Waals surface area contributed by atoms with Gasteiger partial charge in [0.05, 0.1) is 12.2 Å². The van der Waals surface area contributed by atoms with Gasteiger partial charge in [-0.3, -0.25) is 9.88 Å². The van der Waals surface area contributed by atoms with Crippen molar-refractivity contribution in [2.45, 2.75) is 31.1 Å². The first-order chi connectivity index (χ1) is 11.7. The maximum atomic E-state index is 13.7. The molecular formula is C18H20FN3O2. The highest BCUT2D eigenvalue weighted by atomic mass is 19.1. The molecule has 24 heavy (non-hydrogen) atoms. The molecule has 0 radical (unpaired) electrons. The van der Waals surface area contributed by atoms with Crippen molar-refractivity contribution in [3.8, 4) is 5.88 Å². The largest absolute Gasteiger partial charge is 0.470 e. The molecule has 2 aliphatic heterocycles. The molecule has 0 saturated carbocycles. The summed E-state index contributed by atoms with van der Waals surface area (Å²) in [7, 11) is 0. The number of hydrogen-bond donors (Lipinski definition) is 0. The number of hydrogen-bond acceptors (Lipinski definition) is 5. The van der Waals surface area contributed by atoms with E-state index in [0.29, 0.717) is 6.61 Å². The van der Waals surface area contributed by atoms with Gasteiger partial charge in [0.15, 0.2) is 5.82 Å². The third kappa shape index (κ3) is 3.25. The molecule has 4 heterocycles. The van der Waals surface area contributed by atoms with Crippen LogP contribution in [0.2, 0.25) is 0 Å². The van der Waals surface area contributed by atoms with E-state index in [1.165, 1.54) is 17.8 Å². The van der Waals surface area contributed by atoms with Crippen LogP contribution in [0.5, 0.6) is 5.88 Å². The zero-order valence-corrected chi connectivity index (χ0v) is 13.4. The van der Waals surface area contributed by atoms with Crippen molar-refractivity contribution in [2.24, 2.45) is 0 Å². The summed E-state index contributed by atoms with van der Waals surface area (Å²) in [6.07, 6.45) is 6.82. The Hall–Kier alpha value is -2.05. The van der Waals surface area contributed by atoms with E-state index in [1.54, 1.807) is 12.3 Å². The average molecular weight is 329 g/mol. The summed E-state index contributed by atoms with van der Waals surface area (Å²) < 4.78 is 25.4. The number of halogens is 1. The molecule has 2 saturated heterocycles. The van der Waals surface area contributed by atoms with E-state index in [0.717, 1.165) is 32.5 Å².